The van der Waals surface area contributed by atoms with Crippen molar-refractivity contribution in [2.45, 2.75) is 25.4 Å². The molecule has 0 bridgehead atoms. The van der Waals surface area contributed by atoms with Crippen LogP contribution in [0.1, 0.15) is 24.9 Å². The summed E-state index contributed by atoms with van der Waals surface area (Å²) in [5, 5.41) is 23.3. The second kappa shape index (κ2) is 8.65. The third-order valence-electron chi connectivity index (χ3n) is 4.49. The lowest BCUT2D eigenvalue weighted by Gasteiger charge is -2.11. The van der Waals surface area contributed by atoms with E-state index >= 15 is 0 Å². The predicted octanol–water partition coefficient (Wildman–Crippen LogP) is 1.38. The standard InChI is InChI=1S/C10H13NO2.C7H12N2O2/c1-8(11-7-10(12)13)9-5-3-2-4-6-9;10-7(11)9-3-5-1-2-8-6(5)4-9/h2-6,8,11H,7H2,1H3,(H,12,13);5-6,8H,1-4H2,(H,10,11)/t8-;/m1./s1. The monoisotopic (exact) mass is 335 g/mol. The molecule has 1 aromatic rings. The third-order valence-corrected chi connectivity index (χ3v) is 4.49. The Morgan fingerprint density at radius 2 is 2.00 bits per heavy atom. The molecule has 4 N–H and O–H groups in total. The second-order valence-electron chi connectivity index (χ2n) is 6.20. The van der Waals surface area contributed by atoms with Gasteiger partial charge in [-0.15, -0.1) is 0 Å². The molecule has 7 nitrogen and oxygen atoms in total. The summed E-state index contributed by atoms with van der Waals surface area (Å²) in [6, 6.07) is 10.3. The highest BCUT2D eigenvalue weighted by Gasteiger charge is 2.37. The van der Waals surface area contributed by atoms with Gasteiger partial charge in [-0.3, -0.25) is 4.79 Å². The zero-order valence-electron chi connectivity index (χ0n) is 13.8. The Morgan fingerprint density at radius 1 is 1.29 bits per heavy atom. The van der Waals surface area contributed by atoms with Crippen molar-refractivity contribution in [2.75, 3.05) is 26.2 Å². The Morgan fingerprint density at radius 3 is 2.58 bits per heavy atom. The Labute approximate surface area is 141 Å². The summed E-state index contributed by atoms with van der Waals surface area (Å²) in [5.41, 5.74) is 1.10. The molecule has 2 heterocycles. The van der Waals surface area contributed by atoms with E-state index in [1.807, 2.05) is 37.3 Å². The lowest BCUT2D eigenvalue weighted by molar-refractivity contribution is -0.136. The van der Waals surface area contributed by atoms with Crippen molar-refractivity contribution in [1.29, 1.82) is 0 Å². The highest BCUT2D eigenvalue weighted by Crippen LogP contribution is 2.24. The minimum atomic E-state index is -0.831. The van der Waals surface area contributed by atoms with Gasteiger partial charge in [0.2, 0.25) is 0 Å². The quantitative estimate of drug-likeness (QED) is 0.663. The Bertz CT molecular complexity index is 540. The number of carbonyl (C=O) groups is 2. The first-order valence-electron chi connectivity index (χ1n) is 8.18. The predicted molar refractivity (Wildman–Crippen MR) is 90.0 cm³/mol. The molecule has 7 heteroatoms. The van der Waals surface area contributed by atoms with Crippen LogP contribution >= 0.6 is 0 Å². The Balaban J connectivity index is 0.000000175. The first kappa shape index (κ1) is 18.2. The van der Waals surface area contributed by atoms with Crippen LogP contribution in [0.5, 0.6) is 0 Å². The van der Waals surface area contributed by atoms with E-state index in [9.17, 15) is 9.59 Å². The lowest BCUT2D eigenvalue weighted by atomic mass is 10.1. The summed E-state index contributed by atoms with van der Waals surface area (Å²) in [4.78, 5) is 22.3. The van der Waals surface area contributed by atoms with Crippen molar-refractivity contribution in [3.63, 3.8) is 0 Å². The second-order valence-corrected chi connectivity index (χ2v) is 6.20. The summed E-state index contributed by atoms with van der Waals surface area (Å²) in [6.07, 6.45) is 0.357. The molecule has 0 radical (unpaired) electrons. The fourth-order valence-corrected chi connectivity index (χ4v) is 3.11. The van der Waals surface area contributed by atoms with Crippen molar-refractivity contribution < 1.29 is 19.8 Å². The summed E-state index contributed by atoms with van der Waals surface area (Å²) in [5.74, 6) is -0.256. The van der Waals surface area contributed by atoms with Gasteiger partial charge in [-0.2, -0.15) is 0 Å². The lowest BCUT2D eigenvalue weighted by Crippen LogP contribution is -2.32. The Kier molecular flexibility index (Phi) is 6.57. The van der Waals surface area contributed by atoms with Crippen molar-refractivity contribution in [1.82, 2.24) is 15.5 Å². The number of carboxylic acids is 1. The number of hydrogen-bond donors (Lipinski definition) is 4. The molecule has 0 aromatic heterocycles. The van der Waals surface area contributed by atoms with E-state index in [2.05, 4.69) is 10.6 Å². The number of hydrogen-bond acceptors (Lipinski definition) is 4. The van der Waals surface area contributed by atoms with Crippen LogP contribution in [0.15, 0.2) is 30.3 Å². The normalized spacial score (nSPS) is 23.1. The van der Waals surface area contributed by atoms with Crippen LogP contribution < -0.4 is 10.6 Å². The van der Waals surface area contributed by atoms with Gasteiger partial charge in [-0.25, -0.2) is 4.79 Å². The molecular formula is C17H25N3O4. The molecular weight excluding hydrogens is 310 g/mol. The zero-order chi connectivity index (χ0) is 17.5. The molecule has 2 fully saturated rings. The molecule has 2 aliphatic rings. The van der Waals surface area contributed by atoms with Crippen molar-refractivity contribution in [3.05, 3.63) is 35.9 Å². The zero-order valence-corrected chi connectivity index (χ0v) is 13.8. The topological polar surface area (TPSA) is 102 Å². The molecule has 24 heavy (non-hydrogen) atoms. The highest BCUT2D eigenvalue weighted by atomic mass is 16.4. The molecule has 1 aromatic carbocycles. The molecule has 2 saturated heterocycles. The summed E-state index contributed by atoms with van der Waals surface area (Å²) >= 11 is 0. The first-order chi connectivity index (χ1) is 11.5. The van der Waals surface area contributed by atoms with Gasteiger partial charge in [0, 0.05) is 25.2 Å². The molecule has 0 aliphatic carbocycles. The molecule has 2 unspecified atom stereocenters. The van der Waals surface area contributed by atoms with Crippen LogP contribution in [0, 0.1) is 5.92 Å². The number of nitrogens with zero attached hydrogens (tertiary/aromatic N) is 1. The number of carboxylic acid groups (broad SMARTS) is 2. The maximum atomic E-state index is 10.5. The van der Waals surface area contributed by atoms with E-state index in [4.69, 9.17) is 10.2 Å². The smallest absolute Gasteiger partial charge is 0.407 e. The molecule has 0 saturated carbocycles. The van der Waals surface area contributed by atoms with Crippen molar-refractivity contribution in [2.24, 2.45) is 5.92 Å². The van der Waals surface area contributed by atoms with Crippen LogP contribution in [0.2, 0.25) is 0 Å². The Hall–Kier alpha value is -2.12. The van der Waals surface area contributed by atoms with Gasteiger partial charge in [0.25, 0.3) is 0 Å². The minimum Gasteiger partial charge on any atom is -0.480 e. The fraction of sp³-hybridized carbons (Fsp3) is 0.529. The number of benzene rings is 1. The van der Waals surface area contributed by atoms with Crippen LogP contribution in [0.25, 0.3) is 0 Å². The van der Waals surface area contributed by atoms with E-state index in [0.717, 1.165) is 25.1 Å². The van der Waals surface area contributed by atoms with E-state index in [1.54, 1.807) is 0 Å². The third kappa shape index (κ3) is 5.21. The number of fused-ring (bicyclic) bond motifs is 1. The molecule has 0 spiro atoms. The van der Waals surface area contributed by atoms with Gasteiger partial charge >= 0.3 is 12.1 Å². The molecule has 132 valence electrons. The van der Waals surface area contributed by atoms with Crippen LogP contribution in [0.3, 0.4) is 0 Å². The average Bonchev–Trinajstić information content (AvgIpc) is 3.15. The highest BCUT2D eigenvalue weighted by molar-refractivity contribution is 5.69. The largest absolute Gasteiger partial charge is 0.480 e. The number of rotatable bonds is 4. The van der Waals surface area contributed by atoms with Gasteiger partial charge in [0.05, 0.1) is 6.54 Å². The van der Waals surface area contributed by atoms with Crippen LogP contribution in [0.4, 0.5) is 4.79 Å². The van der Waals surface area contributed by atoms with E-state index < -0.39 is 12.1 Å². The number of nitrogens with one attached hydrogen (secondary N) is 2. The molecule has 3 atom stereocenters. The molecule has 1 amide bonds. The molecule has 2 aliphatic heterocycles. The van der Waals surface area contributed by atoms with Crippen molar-refractivity contribution >= 4 is 12.1 Å². The maximum Gasteiger partial charge on any atom is 0.407 e. The van der Waals surface area contributed by atoms with E-state index in [-0.39, 0.29) is 12.6 Å². The van der Waals surface area contributed by atoms with Gasteiger partial charge in [-0.05, 0) is 31.4 Å². The molecule has 3 rings (SSSR count). The van der Waals surface area contributed by atoms with Gasteiger partial charge in [0.1, 0.15) is 0 Å². The maximum absolute atomic E-state index is 10.5. The van der Waals surface area contributed by atoms with Gasteiger partial charge in [0.15, 0.2) is 0 Å². The number of likely N-dealkylation sites (tertiary alicyclic amines) is 1. The van der Waals surface area contributed by atoms with E-state index in [0.29, 0.717) is 18.5 Å². The van der Waals surface area contributed by atoms with Crippen molar-refractivity contribution in [3.8, 4) is 0 Å². The minimum absolute atomic E-state index is 0.00391. The SMILES string of the molecule is C[C@@H](NCC(=O)O)c1ccccc1.O=C(O)N1CC2CCNC2C1. The summed E-state index contributed by atoms with van der Waals surface area (Å²) in [6.45, 7) is 4.41. The first-order valence-corrected chi connectivity index (χ1v) is 8.18. The summed E-state index contributed by atoms with van der Waals surface area (Å²) < 4.78 is 0. The number of amides is 1. The fourth-order valence-electron chi connectivity index (χ4n) is 3.11. The summed E-state index contributed by atoms with van der Waals surface area (Å²) in [7, 11) is 0. The number of aliphatic carboxylic acids is 1. The van der Waals surface area contributed by atoms with Gasteiger partial charge < -0.3 is 25.7 Å². The average molecular weight is 335 g/mol. The van der Waals surface area contributed by atoms with Crippen LogP contribution in [-0.2, 0) is 4.79 Å². The van der Waals surface area contributed by atoms with Crippen LogP contribution in [-0.4, -0.2) is 59.4 Å². The van der Waals surface area contributed by atoms with Gasteiger partial charge in [-0.1, -0.05) is 30.3 Å². The van der Waals surface area contributed by atoms with E-state index in [1.165, 1.54) is 4.90 Å².